The molecular weight excluding hydrogens is 278 g/mol. The van der Waals surface area contributed by atoms with Crippen molar-refractivity contribution < 1.29 is 14.3 Å². The van der Waals surface area contributed by atoms with Crippen LogP contribution in [0.25, 0.3) is 0 Å². The fourth-order valence-corrected chi connectivity index (χ4v) is 1.84. The van der Waals surface area contributed by atoms with E-state index in [4.69, 9.17) is 26.8 Å². The topological polar surface area (TPSA) is 61.5 Å². The summed E-state index contributed by atoms with van der Waals surface area (Å²) in [6.45, 7) is 0.130. The Hall–Kier alpha value is -2.20. The first-order valence-corrected chi connectivity index (χ1v) is 6.33. The molecule has 0 aliphatic heterocycles. The van der Waals surface area contributed by atoms with Crippen molar-refractivity contribution >= 4 is 23.3 Å². The highest BCUT2D eigenvalue weighted by Crippen LogP contribution is 2.21. The monoisotopic (exact) mass is 291 g/mol. The molecule has 104 valence electrons. The van der Waals surface area contributed by atoms with Gasteiger partial charge in [-0.2, -0.15) is 0 Å². The second-order valence-corrected chi connectivity index (χ2v) is 4.53. The predicted molar refractivity (Wildman–Crippen MR) is 78.0 cm³/mol. The standard InChI is InChI=1S/C15H14ClNO3/c1-19-14-5-3-2-4-11(14)9-20-15(18)10-6-7-12(16)13(17)8-10/h2-8H,9,17H2,1H3. The zero-order valence-corrected chi connectivity index (χ0v) is 11.7. The van der Waals surface area contributed by atoms with Crippen molar-refractivity contribution in [1.82, 2.24) is 0 Å². The molecule has 0 spiro atoms. The van der Waals surface area contributed by atoms with Crippen LogP contribution in [0.3, 0.4) is 0 Å². The van der Waals surface area contributed by atoms with Crippen molar-refractivity contribution in [3.05, 3.63) is 58.6 Å². The smallest absolute Gasteiger partial charge is 0.338 e. The highest BCUT2D eigenvalue weighted by molar-refractivity contribution is 6.33. The molecule has 2 aromatic carbocycles. The Morgan fingerprint density at radius 2 is 2.00 bits per heavy atom. The third-order valence-electron chi connectivity index (χ3n) is 2.78. The number of hydrogen-bond donors (Lipinski definition) is 1. The van der Waals surface area contributed by atoms with Gasteiger partial charge in [0.1, 0.15) is 12.4 Å². The molecule has 0 amide bonds. The number of hydrogen-bond acceptors (Lipinski definition) is 4. The SMILES string of the molecule is COc1ccccc1COC(=O)c1ccc(Cl)c(N)c1. The van der Waals surface area contributed by atoms with Crippen LogP contribution in [-0.4, -0.2) is 13.1 Å². The quantitative estimate of drug-likeness (QED) is 0.693. The van der Waals surface area contributed by atoms with Gasteiger partial charge in [-0.1, -0.05) is 29.8 Å². The molecule has 0 fully saturated rings. The van der Waals surface area contributed by atoms with E-state index in [1.807, 2.05) is 24.3 Å². The minimum Gasteiger partial charge on any atom is -0.496 e. The summed E-state index contributed by atoms with van der Waals surface area (Å²) in [6, 6.07) is 12.0. The van der Waals surface area contributed by atoms with E-state index in [0.717, 1.165) is 5.56 Å². The lowest BCUT2D eigenvalue weighted by Gasteiger charge is -2.09. The molecule has 5 heteroatoms. The number of para-hydroxylation sites is 1. The summed E-state index contributed by atoms with van der Waals surface area (Å²) in [7, 11) is 1.57. The molecule has 2 N–H and O–H groups in total. The van der Waals surface area contributed by atoms with Crippen molar-refractivity contribution in [2.24, 2.45) is 0 Å². The van der Waals surface area contributed by atoms with Gasteiger partial charge < -0.3 is 15.2 Å². The van der Waals surface area contributed by atoms with E-state index in [1.165, 1.54) is 6.07 Å². The van der Waals surface area contributed by atoms with E-state index in [-0.39, 0.29) is 6.61 Å². The van der Waals surface area contributed by atoms with Gasteiger partial charge >= 0.3 is 5.97 Å². The van der Waals surface area contributed by atoms with Gasteiger partial charge in [0.05, 0.1) is 23.4 Å². The molecule has 0 aliphatic carbocycles. The molecule has 20 heavy (non-hydrogen) atoms. The maximum absolute atomic E-state index is 11.9. The Morgan fingerprint density at radius 1 is 1.25 bits per heavy atom. The zero-order chi connectivity index (χ0) is 14.5. The fourth-order valence-electron chi connectivity index (χ4n) is 1.72. The number of esters is 1. The summed E-state index contributed by atoms with van der Waals surface area (Å²) in [5.41, 5.74) is 7.16. The molecule has 4 nitrogen and oxygen atoms in total. The largest absolute Gasteiger partial charge is 0.496 e. The van der Waals surface area contributed by atoms with Crippen LogP contribution in [0.2, 0.25) is 5.02 Å². The Morgan fingerprint density at radius 3 is 2.70 bits per heavy atom. The van der Waals surface area contributed by atoms with Crippen LogP contribution in [0.5, 0.6) is 5.75 Å². The molecule has 2 aromatic rings. The molecule has 2 rings (SSSR count). The third-order valence-corrected chi connectivity index (χ3v) is 3.13. The van der Waals surface area contributed by atoms with Crippen LogP contribution in [-0.2, 0) is 11.3 Å². The number of ether oxygens (including phenoxy) is 2. The lowest BCUT2D eigenvalue weighted by molar-refractivity contribution is 0.0470. The van der Waals surface area contributed by atoms with Crippen LogP contribution in [0.1, 0.15) is 15.9 Å². The van der Waals surface area contributed by atoms with Crippen molar-refractivity contribution in [2.45, 2.75) is 6.61 Å². The first-order valence-electron chi connectivity index (χ1n) is 5.96. The van der Waals surface area contributed by atoms with Gasteiger partial charge in [-0.3, -0.25) is 0 Å². The summed E-state index contributed by atoms with van der Waals surface area (Å²) in [5.74, 6) is 0.218. The number of carbonyl (C=O) groups is 1. The number of anilines is 1. The Balaban J connectivity index is 2.06. The molecule has 0 saturated heterocycles. The Labute approximate surface area is 122 Å². The summed E-state index contributed by atoms with van der Waals surface area (Å²) < 4.78 is 10.4. The van der Waals surface area contributed by atoms with E-state index < -0.39 is 5.97 Å². The number of benzene rings is 2. The predicted octanol–water partition coefficient (Wildman–Crippen LogP) is 3.29. The second kappa shape index (κ2) is 6.30. The van der Waals surface area contributed by atoms with Crippen molar-refractivity contribution in [3.63, 3.8) is 0 Å². The average Bonchev–Trinajstić information content (AvgIpc) is 2.47. The molecule has 0 saturated carbocycles. The second-order valence-electron chi connectivity index (χ2n) is 4.12. The minimum atomic E-state index is -0.459. The van der Waals surface area contributed by atoms with Gasteiger partial charge in [-0.05, 0) is 24.3 Å². The molecule has 0 atom stereocenters. The number of rotatable bonds is 4. The molecule has 0 radical (unpaired) electrons. The number of carbonyl (C=O) groups excluding carboxylic acids is 1. The normalized spacial score (nSPS) is 10.1. The van der Waals surface area contributed by atoms with Crippen LogP contribution in [0, 0.1) is 0 Å². The highest BCUT2D eigenvalue weighted by atomic mass is 35.5. The third kappa shape index (κ3) is 3.22. The molecule has 0 unspecified atom stereocenters. The fraction of sp³-hybridized carbons (Fsp3) is 0.133. The Bertz CT molecular complexity index is 628. The maximum atomic E-state index is 11.9. The van der Waals surface area contributed by atoms with E-state index in [0.29, 0.717) is 22.0 Å². The van der Waals surface area contributed by atoms with Gasteiger partial charge in [0.25, 0.3) is 0 Å². The average molecular weight is 292 g/mol. The Kier molecular flexibility index (Phi) is 4.48. The first-order chi connectivity index (χ1) is 9.61. The number of nitrogens with two attached hydrogens (primary N) is 1. The van der Waals surface area contributed by atoms with E-state index in [2.05, 4.69) is 0 Å². The van der Waals surface area contributed by atoms with E-state index in [9.17, 15) is 4.79 Å². The van der Waals surface area contributed by atoms with Crippen LogP contribution in [0.4, 0.5) is 5.69 Å². The van der Waals surface area contributed by atoms with Gasteiger partial charge in [0.15, 0.2) is 0 Å². The molecular formula is C15H14ClNO3. The first kappa shape index (κ1) is 14.2. The lowest BCUT2D eigenvalue weighted by Crippen LogP contribution is -2.06. The number of nitrogen functional groups attached to an aromatic ring is 1. The molecule has 0 heterocycles. The highest BCUT2D eigenvalue weighted by Gasteiger charge is 2.10. The summed E-state index contributed by atoms with van der Waals surface area (Å²) >= 11 is 5.80. The van der Waals surface area contributed by atoms with E-state index >= 15 is 0 Å². The van der Waals surface area contributed by atoms with E-state index in [1.54, 1.807) is 19.2 Å². The van der Waals surface area contributed by atoms with Crippen LogP contribution >= 0.6 is 11.6 Å². The zero-order valence-electron chi connectivity index (χ0n) is 10.9. The van der Waals surface area contributed by atoms with Crippen LogP contribution in [0.15, 0.2) is 42.5 Å². The molecule has 0 bridgehead atoms. The molecule has 0 aliphatic rings. The maximum Gasteiger partial charge on any atom is 0.338 e. The van der Waals surface area contributed by atoms with Gasteiger partial charge in [-0.25, -0.2) is 4.79 Å². The van der Waals surface area contributed by atoms with Crippen LogP contribution < -0.4 is 10.5 Å². The molecule has 0 aromatic heterocycles. The number of halogens is 1. The van der Waals surface area contributed by atoms with Gasteiger partial charge in [0.2, 0.25) is 0 Å². The van der Waals surface area contributed by atoms with Crippen molar-refractivity contribution in [2.75, 3.05) is 12.8 Å². The summed E-state index contributed by atoms with van der Waals surface area (Å²) in [5, 5.41) is 0.409. The summed E-state index contributed by atoms with van der Waals surface area (Å²) in [6.07, 6.45) is 0. The van der Waals surface area contributed by atoms with Crippen molar-refractivity contribution in [3.8, 4) is 5.75 Å². The minimum absolute atomic E-state index is 0.130. The summed E-state index contributed by atoms with van der Waals surface area (Å²) in [4.78, 5) is 11.9. The number of methoxy groups -OCH3 is 1. The lowest BCUT2D eigenvalue weighted by atomic mass is 10.2. The van der Waals surface area contributed by atoms with Gasteiger partial charge in [-0.15, -0.1) is 0 Å². The van der Waals surface area contributed by atoms with Gasteiger partial charge in [0, 0.05) is 5.56 Å². The van der Waals surface area contributed by atoms with Crippen molar-refractivity contribution in [1.29, 1.82) is 0 Å².